The lowest BCUT2D eigenvalue weighted by Gasteiger charge is -2.19. The Kier molecular flexibility index (Phi) is 4.21. The Bertz CT molecular complexity index is 730. The maximum absolute atomic E-state index is 12.3. The second kappa shape index (κ2) is 6.30. The van der Waals surface area contributed by atoms with Crippen LogP contribution in [-0.4, -0.2) is 24.4 Å². The number of methoxy groups -OCH3 is 1. The van der Waals surface area contributed by atoms with Gasteiger partial charge < -0.3 is 20.5 Å². The molecular weight excluding hydrogens is 292 g/mol. The quantitative estimate of drug-likeness (QED) is 0.816. The summed E-state index contributed by atoms with van der Waals surface area (Å²) in [5, 5.41) is 15.8. The first-order valence-electron chi connectivity index (χ1n) is 7.56. The molecule has 2 aromatic carbocycles. The number of nitrogens with one attached hydrogen (secondary N) is 2. The van der Waals surface area contributed by atoms with E-state index in [0.29, 0.717) is 17.9 Å². The molecular formula is C18H20N2O3. The molecule has 2 atom stereocenters. The van der Waals surface area contributed by atoms with Crippen molar-refractivity contribution in [3.05, 3.63) is 59.2 Å². The van der Waals surface area contributed by atoms with Gasteiger partial charge in [-0.1, -0.05) is 30.3 Å². The van der Waals surface area contributed by atoms with Gasteiger partial charge in [0.1, 0.15) is 5.75 Å². The molecule has 0 radical (unpaired) electrons. The summed E-state index contributed by atoms with van der Waals surface area (Å²) in [5.74, 6) is 0.595. The number of carbonyl (C=O) groups excluding carboxylic acids is 1. The van der Waals surface area contributed by atoms with Crippen LogP contribution in [0.2, 0.25) is 0 Å². The average Bonchev–Trinajstić information content (AvgIpc) is 2.83. The van der Waals surface area contributed by atoms with Crippen molar-refractivity contribution in [1.82, 2.24) is 5.32 Å². The van der Waals surface area contributed by atoms with E-state index in [4.69, 9.17) is 4.74 Å². The molecule has 0 heterocycles. The van der Waals surface area contributed by atoms with Gasteiger partial charge in [-0.3, -0.25) is 0 Å². The lowest BCUT2D eigenvalue weighted by atomic mass is 10.1. The molecule has 0 unspecified atom stereocenters. The maximum Gasteiger partial charge on any atom is 0.319 e. The van der Waals surface area contributed by atoms with Gasteiger partial charge in [-0.05, 0) is 35.7 Å². The topological polar surface area (TPSA) is 70.6 Å². The van der Waals surface area contributed by atoms with Gasteiger partial charge >= 0.3 is 6.03 Å². The van der Waals surface area contributed by atoms with E-state index in [0.717, 1.165) is 16.7 Å². The number of urea groups is 1. The molecule has 23 heavy (non-hydrogen) atoms. The van der Waals surface area contributed by atoms with Crippen LogP contribution in [0.5, 0.6) is 5.75 Å². The Morgan fingerprint density at radius 1 is 1.26 bits per heavy atom. The number of fused-ring (bicyclic) bond motifs is 1. The first-order valence-corrected chi connectivity index (χ1v) is 7.56. The third-order valence-corrected chi connectivity index (χ3v) is 4.09. The molecule has 2 amide bonds. The number of rotatable bonds is 3. The zero-order chi connectivity index (χ0) is 16.4. The fraction of sp³-hybridized carbons (Fsp3) is 0.278. The lowest BCUT2D eigenvalue weighted by molar-refractivity contribution is 0.144. The van der Waals surface area contributed by atoms with E-state index in [-0.39, 0.29) is 6.03 Å². The van der Waals surface area contributed by atoms with Crippen molar-refractivity contribution >= 4 is 11.7 Å². The smallest absolute Gasteiger partial charge is 0.319 e. The minimum atomic E-state index is -0.613. The minimum Gasteiger partial charge on any atom is -0.495 e. The molecule has 0 bridgehead atoms. The number of aliphatic hydroxyl groups is 1. The second-order valence-corrected chi connectivity index (χ2v) is 5.75. The van der Waals surface area contributed by atoms with Gasteiger partial charge in [0, 0.05) is 6.42 Å². The van der Waals surface area contributed by atoms with Gasteiger partial charge in [0.2, 0.25) is 0 Å². The minimum absolute atomic E-state index is 0.366. The van der Waals surface area contributed by atoms with Crippen LogP contribution in [0, 0.1) is 6.92 Å². The summed E-state index contributed by atoms with van der Waals surface area (Å²) in [6.07, 6.45) is -0.0629. The Morgan fingerprint density at radius 3 is 2.83 bits per heavy atom. The van der Waals surface area contributed by atoms with Crippen LogP contribution in [0.3, 0.4) is 0 Å². The molecule has 2 aromatic rings. The van der Waals surface area contributed by atoms with E-state index in [1.165, 1.54) is 0 Å². The van der Waals surface area contributed by atoms with E-state index in [1.807, 2.05) is 49.4 Å². The van der Waals surface area contributed by atoms with Gasteiger partial charge in [0.15, 0.2) is 0 Å². The van der Waals surface area contributed by atoms with E-state index >= 15 is 0 Å². The van der Waals surface area contributed by atoms with Crippen LogP contribution >= 0.6 is 0 Å². The SMILES string of the molecule is COc1ccc(C)cc1NC(=O)N[C@@H]1c2ccccc2C[C@@H]1O. The Morgan fingerprint density at radius 2 is 2.04 bits per heavy atom. The van der Waals surface area contributed by atoms with Crippen molar-refractivity contribution in [2.45, 2.75) is 25.5 Å². The third kappa shape index (κ3) is 3.14. The van der Waals surface area contributed by atoms with Gasteiger partial charge in [-0.15, -0.1) is 0 Å². The van der Waals surface area contributed by atoms with E-state index < -0.39 is 12.1 Å². The van der Waals surface area contributed by atoms with Crippen molar-refractivity contribution in [1.29, 1.82) is 0 Å². The summed E-state index contributed by atoms with van der Waals surface area (Å²) < 4.78 is 5.26. The van der Waals surface area contributed by atoms with E-state index in [1.54, 1.807) is 7.11 Å². The third-order valence-electron chi connectivity index (χ3n) is 4.09. The molecule has 5 nitrogen and oxygen atoms in total. The average molecular weight is 312 g/mol. The predicted molar refractivity (Wildman–Crippen MR) is 88.8 cm³/mol. The molecule has 5 heteroatoms. The molecule has 1 aliphatic rings. The second-order valence-electron chi connectivity index (χ2n) is 5.75. The van der Waals surface area contributed by atoms with Crippen molar-refractivity contribution in [2.24, 2.45) is 0 Å². The molecule has 1 aliphatic carbocycles. The van der Waals surface area contributed by atoms with Crippen molar-refractivity contribution < 1.29 is 14.6 Å². The zero-order valence-corrected chi connectivity index (χ0v) is 13.2. The molecule has 3 rings (SSSR count). The zero-order valence-electron chi connectivity index (χ0n) is 13.2. The molecule has 0 saturated carbocycles. The highest BCUT2D eigenvalue weighted by Crippen LogP contribution is 2.31. The molecule has 0 spiro atoms. The first kappa shape index (κ1) is 15.4. The van der Waals surface area contributed by atoms with Gasteiger partial charge in [0.25, 0.3) is 0 Å². The van der Waals surface area contributed by atoms with E-state index in [2.05, 4.69) is 10.6 Å². The molecule has 120 valence electrons. The molecule has 3 N–H and O–H groups in total. The number of aryl methyl sites for hydroxylation is 1. The maximum atomic E-state index is 12.3. The van der Waals surface area contributed by atoms with Gasteiger partial charge in [0.05, 0.1) is 24.9 Å². The number of hydrogen-bond acceptors (Lipinski definition) is 3. The highest BCUT2D eigenvalue weighted by molar-refractivity contribution is 5.91. The lowest BCUT2D eigenvalue weighted by Crippen LogP contribution is -2.36. The normalized spacial score (nSPS) is 19.1. The highest BCUT2D eigenvalue weighted by atomic mass is 16.5. The number of aliphatic hydroxyl groups excluding tert-OH is 1. The predicted octanol–water partition coefficient (Wildman–Crippen LogP) is 2.78. The van der Waals surface area contributed by atoms with Crippen molar-refractivity contribution in [3.63, 3.8) is 0 Å². The van der Waals surface area contributed by atoms with Crippen LogP contribution in [-0.2, 0) is 6.42 Å². The number of benzene rings is 2. The Balaban J connectivity index is 1.74. The number of hydrogen-bond donors (Lipinski definition) is 3. The summed E-state index contributed by atoms with van der Waals surface area (Å²) in [6.45, 7) is 1.94. The fourth-order valence-corrected chi connectivity index (χ4v) is 2.97. The fourth-order valence-electron chi connectivity index (χ4n) is 2.97. The number of amides is 2. The first-order chi connectivity index (χ1) is 11.1. The highest BCUT2D eigenvalue weighted by Gasteiger charge is 2.31. The number of ether oxygens (including phenoxy) is 1. The summed E-state index contributed by atoms with van der Waals surface area (Å²) in [4.78, 5) is 12.3. The number of carbonyl (C=O) groups is 1. The molecule has 0 aromatic heterocycles. The number of anilines is 1. The molecule has 0 saturated heterocycles. The summed E-state index contributed by atoms with van der Waals surface area (Å²) in [6, 6.07) is 12.6. The monoisotopic (exact) mass is 312 g/mol. The van der Waals surface area contributed by atoms with Crippen molar-refractivity contribution in [2.75, 3.05) is 12.4 Å². The van der Waals surface area contributed by atoms with E-state index in [9.17, 15) is 9.90 Å². The van der Waals surface area contributed by atoms with Crippen molar-refractivity contribution in [3.8, 4) is 5.75 Å². The Hall–Kier alpha value is -2.53. The summed E-state index contributed by atoms with van der Waals surface area (Å²) in [5.41, 5.74) is 3.66. The Labute approximate surface area is 135 Å². The van der Waals surface area contributed by atoms with Crippen LogP contribution < -0.4 is 15.4 Å². The summed E-state index contributed by atoms with van der Waals surface area (Å²) >= 11 is 0. The van der Waals surface area contributed by atoms with Crippen LogP contribution in [0.25, 0.3) is 0 Å². The van der Waals surface area contributed by atoms with Gasteiger partial charge in [-0.25, -0.2) is 4.79 Å². The van der Waals surface area contributed by atoms with Crippen LogP contribution in [0.15, 0.2) is 42.5 Å². The largest absolute Gasteiger partial charge is 0.495 e. The van der Waals surface area contributed by atoms with Crippen LogP contribution in [0.1, 0.15) is 22.7 Å². The molecule has 0 aliphatic heterocycles. The standard InChI is InChI=1S/C18H20N2O3/c1-11-7-8-16(23-2)14(9-11)19-18(22)20-17-13-6-4-3-5-12(13)10-15(17)21/h3-9,15,17,21H,10H2,1-2H3,(H2,19,20,22)/t15-,17+/m0/s1. The molecule has 0 fully saturated rings. The summed E-state index contributed by atoms with van der Waals surface area (Å²) in [7, 11) is 1.56. The van der Waals surface area contributed by atoms with Gasteiger partial charge in [-0.2, -0.15) is 0 Å². The van der Waals surface area contributed by atoms with Crippen LogP contribution in [0.4, 0.5) is 10.5 Å².